The molecule has 0 aliphatic carbocycles. The van der Waals surface area contributed by atoms with Gasteiger partial charge in [0, 0.05) is 43.0 Å². The Morgan fingerprint density at radius 2 is 1.92 bits per heavy atom. The lowest BCUT2D eigenvalue weighted by molar-refractivity contribution is 0.0845. The third-order valence-electron chi connectivity index (χ3n) is 11.1. The first-order valence-electron chi connectivity index (χ1n) is 17.9. The van der Waals surface area contributed by atoms with Crippen molar-refractivity contribution in [1.82, 2.24) is 25.5 Å². The van der Waals surface area contributed by atoms with Crippen molar-refractivity contribution in [1.29, 1.82) is 0 Å². The molecular formula is C39H51F3N6O. The number of piperazine rings is 1. The van der Waals surface area contributed by atoms with Crippen LogP contribution in [0.15, 0.2) is 41.8 Å². The normalized spacial score (nSPS) is 26.8. The zero-order valence-electron chi connectivity index (χ0n) is 29.4. The zero-order valence-corrected chi connectivity index (χ0v) is 29.4. The average molecular weight is 677 g/mol. The number of nitrogens with one attached hydrogen (secondary N) is 2. The van der Waals surface area contributed by atoms with Gasteiger partial charge in [-0.1, -0.05) is 37.3 Å². The third kappa shape index (κ3) is 7.37. The molecule has 1 aromatic carbocycles. The molecule has 6 rings (SSSR count). The SMILES string of the molecule is C=C/C(C)=C\c1ccc(F)c(CC)c1C/C(C)=C(F)/C=c1/c(N2CC3CCC(C2)N3)nc(OCC23CCCN2C(CNC)CC3)n/c1=C\F. The second-order valence-corrected chi connectivity index (χ2v) is 14.3. The van der Waals surface area contributed by atoms with Crippen LogP contribution in [0.2, 0.25) is 0 Å². The van der Waals surface area contributed by atoms with Gasteiger partial charge in [0.25, 0.3) is 0 Å². The molecule has 4 saturated heterocycles. The van der Waals surface area contributed by atoms with E-state index in [0.29, 0.717) is 55.4 Å². The minimum atomic E-state index is -0.525. The van der Waals surface area contributed by atoms with Crippen LogP contribution in [-0.2, 0) is 12.8 Å². The smallest absolute Gasteiger partial charge is 0.319 e. The number of anilines is 1. The van der Waals surface area contributed by atoms with Crippen LogP contribution in [0, 0.1) is 5.82 Å². The van der Waals surface area contributed by atoms with Crippen molar-refractivity contribution in [2.75, 3.05) is 44.7 Å². The first-order chi connectivity index (χ1) is 23.7. The Hall–Kier alpha value is -3.47. The standard InChI is InChI=1S/C39H51F3N6O/c1-6-25(3)17-27-9-12-34(41)31(7-2)32(27)18-26(4)35(42)19-33-36(20-40)45-38(46-37(33)47-22-28-10-11-29(23-47)44-28)49-24-39-14-8-16-48(39)30(13-15-39)21-43-5/h6,9,12,17,19-20,28-30,43-44H,1,7-8,10-11,13-16,18,21-24H2,2-5H3/b25-17-,33-19+,35-26-,36-20-. The highest BCUT2D eigenvalue weighted by Crippen LogP contribution is 2.42. The van der Waals surface area contributed by atoms with Gasteiger partial charge < -0.3 is 20.3 Å². The van der Waals surface area contributed by atoms with Crippen LogP contribution in [0.5, 0.6) is 6.01 Å². The van der Waals surface area contributed by atoms with Crippen molar-refractivity contribution in [3.05, 3.63) is 74.8 Å². The van der Waals surface area contributed by atoms with Gasteiger partial charge in [-0.25, -0.2) is 13.2 Å². The molecule has 4 aliphatic rings. The summed E-state index contributed by atoms with van der Waals surface area (Å²) in [5.41, 5.74) is 3.35. The van der Waals surface area contributed by atoms with Gasteiger partial charge in [0.1, 0.15) is 35.7 Å². The maximum atomic E-state index is 16.3. The molecule has 0 amide bonds. The number of fused-ring (bicyclic) bond motifs is 3. The van der Waals surface area contributed by atoms with E-state index in [2.05, 4.69) is 32.0 Å². The summed E-state index contributed by atoms with van der Waals surface area (Å²) in [6.45, 7) is 13.1. The van der Waals surface area contributed by atoms with Crippen molar-refractivity contribution in [3.63, 3.8) is 0 Å². The average Bonchev–Trinajstić information content (AvgIpc) is 3.78. The number of allylic oxidation sites excluding steroid dienone is 4. The summed E-state index contributed by atoms with van der Waals surface area (Å²) in [6.07, 6.45) is 12.5. The number of hydrogen-bond acceptors (Lipinski definition) is 7. The second kappa shape index (κ2) is 15.2. The van der Waals surface area contributed by atoms with E-state index in [1.165, 1.54) is 12.1 Å². The van der Waals surface area contributed by atoms with Crippen molar-refractivity contribution in [3.8, 4) is 6.01 Å². The van der Waals surface area contributed by atoms with Crippen molar-refractivity contribution in [2.24, 2.45) is 0 Å². The summed E-state index contributed by atoms with van der Waals surface area (Å²) in [4.78, 5) is 14.1. The molecule has 49 heavy (non-hydrogen) atoms. The summed E-state index contributed by atoms with van der Waals surface area (Å²) >= 11 is 0. The van der Waals surface area contributed by atoms with Crippen molar-refractivity contribution < 1.29 is 17.9 Å². The number of aromatic nitrogens is 2. The van der Waals surface area contributed by atoms with Crippen LogP contribution >= 0.6 is 0 Å². The maximum absolute atomic E-state index is 16.3. The number of nitrogens with zero attached hydrogens (tertiary/aromatic N) is 4. The second-order valence-electron chi connectivity index (χ2n) is 14.3. The number of rotatable bonds is 12. The molecule has 4 atom stereocenters. The molecule has 264 valence electrons. The van der Waals surface area contributed by atoms with Crippen LogP contribution in [-0.4, -0.2) is 78.4 Å². The van der Waals surface area contributed by atoms with Crippen LogP contribution in [0.3, 0.4) is 0 Å². The van der Waals surface area contributed by atoms with Crippen LogP contribution in [0.25, 0.3) is 18.5 Å². The van der Waals surface area contributed by atoms with E-state index >= 15 is 4.39 Å². The third-order valence-corrected chi connectivity index (χ3v) is 11.1. The minimum Gasteiger partial charge on any atom is -0.461 e. The van der Waals surface area contributed by atoms with E-state index in [9.17, 15) is 8.78 Å². The first-order valence-corrected chi connectivity index (χ1v) is 17.9. The van der Waals surface area contributed by atoms with Gasteiger partial charge in [0.05, 0.1) is 5.54 Å². The largest absolute Gasteiger partial charge is 0.461 e. The van der Waals surface area contributed by atoms with Gasteiger partial charge in [0.2, 0.25) is 0 Å². The molecule has 7 nitrogen and oxygen atoms in total. The highest BCUT2D eigenvalue weighted by Gasteiger charge is 2.49. The molecule has 10 heteroatoms. The number of benzene rings is 1. The van der Waals surface area contributed by atoms with Gasteiger partial charge in [-0.2, -0.15) is 9.97 Å². The maximum Gasteiger partial charge on any atom is 0.319 e. The predicted octanol–water partition coefficient (Wildman–Crippen LogP) is 5.28. The van der Waals surface area contributed by atoms with Gasteiger partial charge in [-0.15, -0.1) is 0 Å². The fraction of sp³-hybridized carbons (Fsp3) is 0.538. The molecule has 2 N–H and O–H groups in total. The molecular weight excluding hydrogens is 625 g/mol. The Morgan fingerprint density at radius 1 is 1.14 bits per heavy atom. The number of halogens is 3. The van der Waals surface area contributed by atoms with Crippen LogP contribution in [0.4, 0.5) is 19.0 Å². The molecule has 0 spiro atoms. The summed E-state index contributed by atoms with van der Waals surface area (Å²) < 4.78 is 52.4. The zero-order chi connectivity index (χ0) is 34.7. The minimum absolute atomic E-state index is 0.0145. The number of ether oxygens (including phenoxy) is 1. The summed E-state index contributed by atoms with van der Waals surface area (Å²) in [5, 5.41) is 7.22. The number of likely N-dealkylation sites (N-methyl/N-ethyl adjacent to an activating group) is 1. The topological polar surface area (TPSA) is 65.6 Å². The number of hydrogen-bond donors (Lipinski definition) is 2. The molecule has 0 radical (unpaired) electrons. The molecule has 4 aliphatic heterocycles. The molecule has 2 aromatic rings. The Bertz CT molecular complexity index is 1730. The van der Waals surface area contributed by atoms with E-state index in [4.69, 9.17) is 9.72 Å². The molecule has 4 unspecified atom stereocenters. The fourth-order valence-corrected chi connectivity index (χ4v) is 8.53. The lowest BCUT2D eigenvalue weighted by Gasteiger charge is -2.35. The summed E-state index contributed by atoms with van der Waals surface area (Å²) in [5.74, 6) is -0.364. The van der Waals surface area contributed by atoms with Crippen molar-refractivity contribution in [2.45, 2.75) is 95.8 Å². The van der Waals surface area contributed by atoms with Crippen LogP contribution in [0.1, 0.15) is 76.0 Å². The van der Waals surface area contributed by atoms with Crippen molar-refractivity contribution >= 4 is 24.3 Å². The van der Waals surface area contributed by atoms with Gasteiger partial charge in [-0.3, -0.25) is 4.90 Å². The molecule has 0 saturated carbocycles. The van der Waals surface area contributed by atoms with Gasteiger partial charge >= 0.3 is 6.01 Å². The van der Waals surface area contributed by atoms with E-state index < -0.39 is 5.83 Å². The monoisotopic (exact) mass is 676 g/mol. The molecule has 1 aromatic heterocycles. The van der Waals surface area contributed by atoms with E-state index in [-0.39, 0.29) is 46.4 Å². The summed E-state index contributed by atoms with van der Waals surface area (Å²) in [7, 11) is 1.99. The lowest BCUT2D eigenvalue weighted by Crippen LogP contribution is -2.53. The molecule has 4 fully saturated rings. The Balaban J connectivity index is 1.38. The highest BCUT2D eigenvalue weighted by molar-refractivity contribution is 5.62. The Labute approximate surface area is 288 Å². The Morgan fingerprint density at radius 3 is 2.61 bits per heavy atom. The van der Waals surface area contributed by atoms with E-state index in [1.54, 1.807) is 19.1 Å². The highest BCUT2D eigenvalue weighted by atomic mass is 19.1. The molecule has 2 bridgehead atoms. The summed E-state index contributed by atoms with van der Waals surface area (Å²) in [6, 6.07) is 4.33. The first kappa shape index (κ1) is 35.4. The van der Waals surface area contributed by atoms with Gasteiger partial charge in [0.15, 0.2) is 0 Å². The quantitative estimate of drug-likeness (QED) is 0.297. The Kier molecular flexibility index (Phi) is 11.0. The van der Waals surface area contributed by atoms with E-state index in [1.807, 2.05) is 27.0 Å². The van der Waals surface area contributed by atoms with E-state index in [0.717, 1.165) is 68.3 Å². The van der Waals surface area contributed by atoms with Gasteiger partial charge in [-0.05, 0) is 113 Å². The molecule has 5 heterocycles. The fourth-order valence-electron chi connectivity index (χ4n) is 8.53. The van der Waals surface area contributed by atoms with Crippen LogP contribution < -0.4 is 30.8 Å². The lowest BCUT2D eigenvalue weighted by atomic mass is 9.92. The predicted molar refractivity (Wildman–Crippen MR) is 192 cm³/mol.